The highest BCUT2D eigenvalue weighted by Crippen LogP contribution is 2.30. The lowest BCUT2D eigenvalue weighted by Crippen LogP contribution is -2.51. The van der Waals surface area contributed by atoms with E-state index in [2.05, 4.69) is 11.4 Å². The summed E-state index contributed by atoms with van der Waals surface area (Å²) in [7, 11) is 0. The van der Waals surface area contributed by atoms with Crippen LogP contribution in [0.1, 0.15) is 49.4 Å². The predicted molar refractivity (Wildman–Crippen MR) is 90.9 cm³/mol. The molecule has 1 heterocycles. The molecule has 0 aliphatic heterocycles. The molecule has 0 radical (unpaired) electrons. The standard InChI is InChI=1S/C18H24N4O2/c1-2-22(11-17(23)24)15-8-14(9-15)20-18-13(10-19)7-12-5-3-4-6-16(12)21-18/h7,14-15H,2-6,8-9,11H2,1H3,(H,20,21)(H,23,24). The lowest BCUT2D eigenvalue weighted by atomic mass is 9.85. The first-order chi connectivity index (χ1) is 11.6. The minimum Gasteiger partial charge on any atom is -0.480 e. The monoisotopic (exact) mass is 328 g/mol. The number of anilines is 1. The zero-order chi connectivity index (χ0) is 17.1. The Hall–Kier alpha value is -2.13. The summed E-state index contributed by atoms with van der Waals surface area (Å²) < 4.78 is 0. The van der Waals surface area contributed by atoms with Gasteiger partial charge in [-0.05, 0) is 56.7 Å². The second kappa shape index (κ2) is 7.18. The summed E-state index contributed by atoms with van der Waals surface area (Å²) in [5.74, 6) is -0.0840. The van der Waals surface area contributed by atoms with Crippen LogP contribution in [0, 0.1) is 11.3 Å². The summed E-state index contributed by atoms with van der Waals surface area (Å²) >= 11 is 0. The van der Waals surface area contributed by atoms with Gasteiger partial charge in [0.1, 0.15) is 11.9 Å². The number of carbonyl (C=O) groups is 1. The number of aryl methyl sites for hydroxylation is 2. The van der Waals surface area contributed by atoms with Crippen LogP contribution in [0.5, 0.6) is 0 Å². The van der Waals surface area contributed by atoms with Crippen molar-refractivity contribution in [3.63, 3.8) is 0 Å². The fourth-order valence-electron chi connectivity index (χ4n) is 3.70. The van der Waals surface area contributed by atoms with Gasteiger partial charge in [0, 0.05) is 17.8 Å². The number of pyridine rings is 1. The van der Waals surface area contributed by atoms with E-state index in [4.69, 9.17) is 10.1 Å². The number of fused-ring (bicyclic) bond motifs is 1. The van der Waals surface area contributed by atoms with Crippen LogP contribution < -0.4 is 5.32 Å². The number of hydrogen-bond acceptors (Lipinski definition) is 5. The van der Waals surface area contributed by atoms with Crippen molar-refractivity contribution in [2.24, 2.45) is 0 Å². The Morgan fingerprint density at radius 1 is 1.46 bits per heavy atom. The Kier molecular flexibility index (Phi) is 5.00. The normalized spacial score (nSPS) is 22.4. The Balaban J connectivity index is 1.64. The van der Waals surface area contributed by atoms with E-state index >= 15 is 0 Å². The summed E-state index contributed by atoms with van der Waals surface area (Å²) in [6, 6.07) is 4.81. The zero-order valence-electron chi connectivity index (χ0n) is 14.1. The van der Waals surface area contributed by atoms with Gasteiger partial charge in [0.25, 0.3) is 0 Å². The van der Waals surface area contributed by atoms with Gasteiger partial charge in [0.2, 0.25) is 0 Å². The van der Waals surface area contributed by atoms with Crippen LogP contribution in [0.3, 0.4) is 0 Å². The maximum absolute atomic E-state index is 10.9. The number of nitrogens with zero attached hydrogens (tertiary/aromatic N) is 3. The van der Waals surface area contributed by atoms with E-state index in [0.717, 1.165) is 44.3 Å². The molecule has 0 unspecified atom stereocenters. The zero-order valence-corrected chi connectivity index (χ0v) is 14.1. The summed E-state index contributed by atoms with van der Waals surface area (Å²) in [6.07, 6.45) is 6.13. The van der Waals surface area contributed by atoms with Gasteiger partial charge in [-0.3, -0.25) is 9.69 Å². The third-order valence-electron chi connectivity index (χ3n) is 5.14. The largest absolute Gasteiger partial charge is 0.480 e. The lowest BCUT2D eigenvalue weighted by molar-refractivity contribution is -0.139. The molecule has 0 atom stereocenters. The molecule has 1 fully saturated rings. The van der Waals surface area contributed by atoms with Crippen molar-refractivity contribution >= 4 is 11.8 Å². The molecule has 6 heteroatoms. The van der Waals surface area contributed by atoms with Crippen molar-refractivity contribution in [3.8, 4) is 6.07 Å². The highest BCUT2D eigenvalue weighted by molar-refractivity contribution is 5.69. The molecule has 2 aliphatic rings. The Bertz CT molecular complexity index is 662. The van der Waals surface area contributed by atoms with E-state index in [1.54, 1.807) is 0 Å². The van der Waals surface area contributed by atoms with Crippen LogP contribution in [0.25, 0.3) is 0 Å². The van der Waals surface area contributed by atoms with E-state index in [-0.39, 0.29) is 12.6 Å². The molecule has 2 aliphatic carbocycles. The van der Waals surface area contributed by atoms with Gasteiger partial charge in [0.05, 0.1) is 12.1 Å². The molecular formula is C18H24N4O2. The molecule has 0 saturated heterocycles. The van der Waals surface area contributed by atoms with Gasteiger partial charge in [-0.15, -0.1) is 0 Å². The highest BCUT2D eigenvalue weighted by Gasteiger charge is 2.34. The molecule has 3 rings (SSSR count). The molecule has 1 aromatic heterocycles. The van der Waals surface area contributed by atoms with Crippen LogP contribution in [0.15, 0.2) is 6.07 Å². The number of aliphatic carboxylic acids is 1. The van der Waals surface area contributed by atoms with Crippen LogP contribution in [0.2, 0.25) is 0 Å². The topological polar surface area (TPSA) is 89.2 Å². The molecule has 0 aromatic carbocycles. The first kappa shape index (κ1) is 16.7. The van der Waals surface area contributed by atoms with Gasteiger partial charge in [-0.25, -0.2) is 4.98 Å². The number of hydrogen-bond donors (Lipinski definition) is 2. The number of carboxylic acids is 1. The van der Waals surface area contributed by atoms with E-state index in [1.807, 2.05) is 17.9 Å². The number of carboxylic acid groups (broad SMARTS) is 1. The van der Waals surface area contributed by atoms with Gasteiger partial charge in [0.15, 0.2) is 0 Å². The SMILES string of the molecule is CCN(CC(=O)O)C1CC(Nc2nc3c(cc2C#N)CCCC3)C1. The highest BCUT2D eigenvalue weighted by atomic mass is 16.4. The maximum atomic E-state index is 10.9. The molecule has 6 nitrogen and oxygen atoms in total. The first-order valence-electron chi connectivity index (χ1n) is 8.76. The molecule has 1 aromatic rings. The second-order valence-corrected chi connectivity index (χ2v) is 6.73. The Morgan fingerprint density at radius 2 is 2.21 bits per heavy atom. The number of likely N-dealkylation sites (N-methyl/N-ethyl adjacent to an activating group) is 1. The van der Waals surface area contributed by atoms with E-state index < -0.39 is 5.97 Å². The van der Waals surface area contributed by atoms with Crippen molar-refractivity contribution in [1.82, 2.24) is 9.88 Å². The minimum atomic E-state index is -0.781. The number of aromatic nitrogens is 1. The van der Waals surface area contributed by atoms with Gasteiger partial charge < -0.3 is 10.4 Å². The van der Waals surface area contributed by atoms with Crippen LogP contribution in [-0.2, 0) is 17.6 Å². The van der Waals surface area contributed by atoms with Crippen molar-refractivity contribution < 1.29 is 9.90 Å². The Morgan fingerprint density at radius 3 is 2.88 bits per heavy atom. The van der Waals surface area contributed by atoms with Crippen LogP contribution in [0.4, 0.5) is 5.82 Å². The third kappa shape index (κ3) is 3.51. The molecule has 128 valence electrons. The molecule has 1 saturated carbocycles. The van der Waals surface area contributed by atoms with Crippen molar-refractivity contribution in [2.75, 3.05) is 18.4 Å². The van der Waals surface area contributed by atoms with Crippen molar-refractivity contribution in [3.05, 3.63) is 22.9 Å². The smallest absolute Gasteiger partial charge is 0.317 e. The molecule has 0 bridgehead atoms. The molecule has 0 spiro atoms. The first-order valence-corrected chi connectivity index (χ1v) is 8.76. The number of nitriles is 1. The van der Waals surface area contributed by atoms with Crippen molar-refractivity contribution in [1.29, 1.82) is 5.26 Å². The number of nitrogens with one attached hydrogen (secondary N) is 1. The average Bonchev–Trinajstić information content (AvgIpc) is 2.54. The van der Waals surface area contributed by atoms with Gasteiger partial charge in [-0.1, -0.05) is 6.92 Å². The van der Waals surface area contributed by atoms with Crippen molar-refractivity contribution in [2.45, 2.75) is 57.5 Å². The summed E-state index contributed by atoms with van der Waals surface area (Å²) in [5, 5.41) is 21.8. The fourth-order valence-corrected chi connectivity index (χ4v) is 3.70. The van der Waals surface area contributed by atoms with E-state index in [1.165, 1.54) is 12.0 Å². The number of rotatable bonds is 6. The maximum Gasteiger partial charge on any atom is 0.317 e. The predicted octanol–water partition coefficient (Wildman–Crippen LogP) is 2.18. The fraction of sp³-hybridized carbons (Fsp3) is 0.611. The Labute approximate surface area is 142 Å². The summed E-state index contributed by atoms with van der Waals surface area (Å²) in [5.41, 5.74) is 2.96. The second-order valence-electron chi connectivity index (χ2n) is 6.73. The average molecular weight is 328 g/mol. The van der Waals surface area contributed by atoms with Gasteiger partial charge in [-0.2, -0.15) is 5.26 Å². The summed E-state index contributed by atoms with van der Waals surface area (Å²) in [4.78, 5) is 17.6. The molecular weight excluding hydrogens is 304 g/mol. The summed E-state index contributed by atoms with van der Waals surface area (Å²) in [6.45, 7) is 2.82. The molecule has 0 amide bonds. The van der Waals surface area contributed by atoms with Crippen LogP contribution in [-0.4, -0.2) is 46.1 Å². The van der Waals surface area contributed by atoms with Gasteiger partial charge >= 0.3 is 5.97 Å². The van der Waals surface area contributed by atoms with Crippen LogP contribution >= 0.6 is 0 Å². The van der Waals surface area contributed by atoms with E-state index in [9.17, 15) is 10.1 Å². The minimum absolute atomic E-state index is 0.0917. The van der Waals surface area contributed by atoms with E-state index in [0.29, 0.717) is 17.4 Å². The quantitative estimate of drug-likeness (QED) is 0.832. The molecule has 2 N–H and O–H groups in total. The lowest BCUT2D eigenvalue weighted by Gasteiger charge is -2.42. The third-order valence-corrected chi connectivity index (χ3v) is 5.14. The molecule has 24 heavy (non-hydrogen) atoms.